The van der Waals surface area contributed by atoms with Gasteiger partial charge in [0.05, 0.1) is 18.9 Å². The van der Waals surface area contributed by atoms with Crippen molar-refractivity contribution in [2.75, 3.05) is 7.11 Å². The molecule has 1 heterocycles. The van der Waals surface area contributed by atoms with Crippen molar-refractivity contribution in [3.05, 3.63) is 29.3 Å². The molecule has 0 amide bonds. The first-order valence-electron chi connectivity index (χ1n) is 6.89. The molecule has 0 saturated heterocycles. The summed E-state index contributed by atoms with van der Waals surface area (Å²) in [5, 5.41) is 29.9. The molecule has 0 fully saturated rings. The van der Waals surface area contributed by atoms with Crippen LogP contribution in [-0.4, -0.2) is 40.5 Å². The van der Waals surface area contributed by atoms with E-state index in [2.05, 4.69) is 0 Å². The lowest BCUT2D eigenvalue weighted by Crippen LogP contribution is -2.29. The Morgan fingerprint density at radius 3 is 2.74 bits per heavy atom. The number of phenols is 2. The maximum absolute atomic E-state index is 12.1. The van der Waals surface area contributed by atoms with Gasteiger partial charge in [0.1, 0.15) is 28.9 Å². The van der Waals surface area contributed by atoms with Crippen LogP contribution in [0.1, 0.15) is 22.3 Å². The summed E-state index contributed by atoms with van der Waals surface area (Å²) >= 11 is 0. The molecule has 0 spiro atoms. The van der Waals surface area contributed by atoms with Gasteiger partial charge in [0.2, 0.25) is 0 Å². The van der Waals surface area contributed by atoms with Crippen molar-refractivity contribution in [1.29, 1.82) is 0 Å². The Morgan fingerprint density at radius 1 is 1.35 bits per heavy atom. The molecule has 3 rings (SSSR count). The standard InChI is InChI=1S/C16H14O7/c1-22-9-3-7-2-8-4-10(6-12(18)19)23-16(21)14(8)15(20)13(7)11(17)5-9/h2-3,5,10,17,20H,4,6H2,1H3,(H,18,19). The molecule has 1 aliphatic rings. The van der Waals surface area contributed by atoms with E-state index in [4.69, 9.17) is 14.6 Å². The number of carboxylic acid groups (broad SMARTS) is 1. The highest BCUT2D eigenvalue weighted by Gasteiger charge is 2.32. The third-order valence-corrected chi connectivity index (χ3v) is 3.81. The Hall–Kier alpha value is -2.96. The molecule has 7 heteroatoms. The number of rotatable bonds is 3. The quantitative estimate of drug-likeness (QED) is 0.740. The van der Waals surface area contributed by atoms with E-state index in [0.29, 0.717) is 16.7 Å². The predicted octanol–water partition coefficient (Wildman–Crippen LogP) is 1.82. The van der Waals surface area contributed by atoms with Gasteiger partial charge >= 0.3 is 11.9 Å². The normalized spacial score (nSPS) is 16.7. The van der Waals surface area contributed by atoms with E-state index in [1.807, 2.05) is 0 Å². The first-order valence-corrected chi connectivity index (χ1v) is 6.89. The summed E-state index contributed by atoms with van der Waals surface area (Å²) in [4.78, 5) is 22.9. The Balaban J connectivity index is 2.18. The van der Waals surface area contributed by atoms with Crippen LogP contribution < -0.4 is 4.74 Å². The van der Waals surface area contributed by atoms with Crippen molar-refractivity contribution < 1.29 is 34.4 Å². The fourth-order valence-electron chi connectivity index (χ4n) is 2.84. The zero-order valence-corrected chi connectivity index (χ0v) is 12.2. The van der Waals surface area contributed by atoms with Crippen LogP contribution in [0.2, 0.25) is 0 Å². The van der Waals surface area contributed by atoms with Crippen molar-refractivity contribution in [1.82, 2.24) is 0 Å². The number of carboxylic acids is 1. The van der Waals surface area contributed by atoms with E-state index in [9.17, 15) is 19.8 Å². The summed E-state index contributed by atoms with van der Waals surface area (Å²) in [6.07, 6.45) is -0.925. The highest BCUT2D eigenvalue weighted by atomic mass is 16.5. The average molecular weight is 318 g/mol. The third kappa shape index (κ3) is 2.50. The van der Waals surface area contributed by atoms with E-state index in [0.717, 1.165) is 0 Å². The molecule has 0 bridgehead atoms. The lowest BCUT2D eigenvalue weighted by atomic mass is 9.92. The van der Waals surface area contributed by atoms with E-state index in [1.54, 1.807) is 12.1 Å². The van der Waals surface area contributed by atoms with Gasteiger partial charge < -0.3 is 24.8 Å². The number of fused-ring (bicyclic) bond motifs is 2. The first kappa shape index (κ1) is 15.0. The second-order valence-corrected chi connectivity index (χ2v) is 5.33. The smallest absolute Gasteiger partial charge is 0.342 e. The van der Waals surface area contributed by atoms with Crippen LogP contribution in [0.5, 0.6) is 17.2 Å². The number of hydrogen-bond donors (Lipinski definition) is 3. The maximum Gasteiger partial charge on any atom is 0.342 e. The summed E-state index contributed by atoms with van der Waals surface area (Å²) in [6.45, 7) is 0. The molecule has 0 aliphatic carbocycles. The topological polar surface area (TPSA) is 113 Å². The van der Waals surface area contributed by atoms with Gasteiger partial charge in [-0.25, -0.2) is 4.79 Å². The molecule has 2 aromatic carbocycles. The minimum atomic E-state index is -1.07. The van der Waals surface area contributed by atoms with E-state index < -0.39 is 18.0 Å². The lowest BCUT2D eigenvalue weighted by Gasteiger charge is -2.25. The van der Waals surface area contributed by atoms with Crippen LogP contribution in [0.3, 0.4) is 0 Å². The maximum atomic E-state index is 12.1. The largest absolute Gasteiger partial charge is 0.507 e. The van der Waals surface area contributed by atoms with Crippen LogP contribution in [-0.2, 0) is 16.0 Å². The van der Waals surface area contributed by atoms with Crippen molar-refractivity contribution >= 4 is 22.7 Å². The molecule has 2 aromatic rings. The predicted molar refractivity (Wildman–Crippen MR) is 79.0 cm³/mol. The number of phenolic OH excluding ortho intramolecular Hbond substituents is 2. The van der Waals surface area contributed by atoms with Crippen LogP contribution in [0.4, 0.5) is 0 Å². The number of methoxy groups -OCH3 is 1. The van der Waals surface area contributed by atoms with Gasteiger partial charge in [0.25, 0.3) is 0 Å². The number of hydrogen-bond acceptors (Lipinski definition) is 6. The summed E-state index contributed by atoms with van der Waals surface area (Å²) in [5.41, 5.74) is 0.435. The number of carbonyl (C=O) groups excluding carboxylic acids is 1. The van der Waals surface area contributed by atoms with Gasteiger partial charge in [-0.3, -0.25) is 4.79 Å². The van der Waals surface area contributed by atoms with Crippen LogP contribution in [0.15, 0.2) is 18.2 Å². The summed E-state index contributed by atoms with van der Waals surface area (Å²) in [7, 11) is 1.44. The van der Waals surface area contributed by atoms with Crippen LogP contribution >= 0.6 is 0 Å². The summed E-state index contributed by atoms with van der Waals surface area (Å²) < 4.78 is 10.1. The van der Waals surface area contributed by atoms with Gasteiger partial charge in [0, 0.05) is 12.5 Å². The summed E-state index contributed by atoms with van der Waals surface area (Å²) in [5.74, 6) is -2.07. The Kier molecular flexibility index (Phi) is 3.48. The van der Waals surface area contributed by atoms with E-state index in [1.165, 1.54) is 13.2 Å². The van der Waals surface area contributed by atoms with Crippen molar-refractivity contribution in [3.8, 4) is 17.2 Å². The zero-order valence-electron chi connectivity index (χ0n) is 12.2. The Morgan fingerprint density at radius 2 is 2.09 bits per heavy atom. The number of cyclic esters (lactones) is 1. The monoisotopic (exact) mass is 318 g/mol. The number of benzene rings is 2. The highest BCUT2D eigenvalue weighted by molar-refractivity contribution is 6.06. The van der Waals surface area contributed by atoms with Gasteiger partial charge in [-0.2, -0.15) is 0 Å². The van der Waals surface area contributed by atoms with Crippen molar-refractivity contribution in [3.63, 3.8) is 0 Å². The van der Waals surface area contributed by atoms with E-state index in [-0.39, 0.29) is 35.3 Å². The highest BCUT2D eigenvalue weighted by Crippen LogP contribution is 2.42. The fourth-order valence-corrected chi connectivity index (χ4v) is 2.84. The number of aromatic hydroxyl groups is 2. The second-order valence-electron chi connectivity index (χ2n) is 5.33. The molecule has 120 valence electrons. The Labute approximate surface area is 130 Å². The number of ether oxygens (including phenoxy) is 2. The molecule has 0 aromatic heterocycles. The van der Waals surface area contributed by atoms with Gasteiger partial charge in [0.15, 0.2) is 0 Å². The molecular formula is C16H14O7. The molecular weight excluding hydrogens is 304 g/mol. The van der Waals surface area contributed by atoms with Crippen LogP contribution in [0.25, 0.3) is 10.8 Å². The number of aliphatic carboxylic acids is 1. The number of esters is 1. The molecule has 0 saturated carbocycles. The van der Waals surface area contributed by atoms with E-state index >= 15 is 0 Å². The van der Waals surface area contributed by atoms with Crippen molar-refractivity contribution in [2.45, 2.75) is 18.9 Å². The molecule has 1 atom stereocenters. The third-order valence-electron chi connectivity index (χ3n) is 3.81. The average Bonchev–Trinajstić information content (AvgIpc) is 2.45. The molecule has 1 aliphatic heterocycles. The van der Waals surface area contributed by atoms with Gasteiger partial charge in [-0.15, -0.1) is 0 Å². The Bertz CT molecular complexity index is 825. The molecule has 3 N–H and O–H groups in total. The van der Waals surface area contributed by atoms with Gasteiger partial charge in [-0.05, 0) is 23.1 Å². The SMILES string of the molecule is COc1cc(O)c2c(O)c3c(cc2c1)CC(CC(=O)O)OC3=O. The second kappa shape index (κ2) is 5.35. The lowest BCUT2D eigenvalue weighted by molar-refractivity contribution is -0.139. The first-order chi connectivity index (χ1) is 10.9. The molecule has 7 nitrogen and oxygen atoms in total. The molecule has 1 unspecified atom stereocenters. The minimum absolute atomic E-state index is 0.0420. The fraction of sp³-hybridized carbons (Fsp3) is 0.250. The van der Waals surface area contributed by atoms with Crippen molar-refractivity contribution in [2.24, 2.45) is 0 Å². The van der Waals surface area contributed by atoms with Gasteiger partial charge in [-0.1, -0.05) is 0 Å². The molecule has 0 radical (unpaired) electrons. The number of carbonyl (C=O) groups is 2. The zero-order chi connectivity index (χ0) is 16.7. The summed E-state index contributed by atoms with van der Waals surface area (Å²) in [6, 6.07) is 4.57. The molecule has 23 heavy (non-hydrogen) atoms. The van der Waals surface area contributed by atoms with Crippen LogP contribution in [0, 0.1) is 0 Å². The minimum Gasteiger partial charge on any atom is -0.507 e.